The molecule has 0 amide bonds. The molecule has 2 aromatic rings. The zero-order valence-corrected chi connectivity index (χ0v) is 16.8. The number of aliphatic carboxylic acids is 1. The number of carbonyl (C=O) groups is 1. The molecule has 1 atom stereocenters. The van der Waals surface area contributed by atoms with Crippen LogP contribution in [0.2, 0.25) is 0 Å². The Morgan fingerprint density at radius 3 is 2.88 bits per heavy atom. The van der Waals surface area contributed by atoms with Crippen molar-refractivity contribution in [2.75, 3.05) is 5.75 Å². The summed E-state index contributed by atoms with van der Waals surface area (Å²) in [7, 11) is 1.95. The van der Waals surface area contributed by atoms with Gasteiger partial charge in [-0.3, -0.25) is 4.79 Å². The third-order valence-corrected chi connectivity index (χ3v) is 7.16. The van der Waals surface area contributed by atoms with Gasteiger partial charge in [-0.2, -0.15) is 0 Å². The van der Waals surface area contributed by atoms with Gasteiger partial charge in [0.15, 0.2) is 11.0 Å². The number of fused-ring (bicyclic) bond motifs is 1. The Morgan fingerprint density at radius 1 is 1.44 bits per heavy atom. The fourth-order valence-corrected chi connectivity index (χ4v) is 5.32. The van der Waals surface area contributed by atoms with Crippen molar-refractivity contribution in [3.63, 3.8) is 0 Å². The molecule has 2 aromatic heterocycles. The van der Waals surface area contributed by atoms with Crippen LogP contribution in [0.25, 0.3) is 10.7 Å². The van der Waals surface area contributed by atoms with Crippen LogP contribution in [0.15, 0.2) is 11.2 Å². The van der Waals surface area contributed by atoms with Crippen LogP contribution >= 0.6 is 23.1 Å². The quantitative estimate of drug-likeness (QED) is 0.786. The van der Waals surface area contributed by atoms with Gasteiger partial charge in [-0.1, -0.05) is 32.5 Å². The van der Waals surface area contributed by atoms with Crippen LogP contribution in [0.5, 0.6) is 0 Å². The lowest BCUT2D eigenvalue weighted by Crippen LogP contribution is -2.26. The minimum Gasteiger partial charge on any atom is -0.481 e. The fraction of sp³-hybridized carbons (Fsp3) is 0.611. The summed E-state index contributed by atoms with van der Waals surface area (Å²) >= 11 is 3.27. The van der Waals surface area contributed by atoms with Gasteiger partial charge in [-0.25, -0.2) is 0 Å². The molecule has 0 bridgehead atoms. The lowest BCUT2D eigenvalue weighted by atomic mass is 9.72. The smallest absolute Gasteiger partial charge is 0.304 e. The van der Waals surface area contributed by atoms with Gasteiger partial charge >= 0.3 is 5.97 Å². The maximum absolute atomic E-state index is 10.7. The number of carboxylic acid groups (broad SMARTS) is 1. The molecule has 1 unspecified atom stereocenters. The third-order valence-electron chi connectivity index (χ3n) is 4.91. The van der Waals surface area contributed by atoms with E-state index >= 15 is 0 Å². The first-order chi connectivity index (χ1) is 11.8. The van der Waals surface area contributed by atoms with Gasteiger partial charge in [0, 0.05) is 17.7 Å². The number of nitrogens with zero attached hydrogens (tertiary/aromatic N) is 3. The van der Waals surface area contributed by atoms with Crippen molar-refractivity contribution in [1.82, 2.24) is 14.8 Å². The van der Waals surface area contributed by atoms with Gasteiger partial charge < -0.3 is 9.67 Å². The maximum Gasteiger partial charge on any atom is 0.304 e. The second-order valence-electron chi connectivity index (χ2n) is 7.72. The van der Waals surface area contributed by atoms with Crippen molar-refractivity contribution < 1.29 is 9.90 Å². The molecular weight excluding hydrogens is 354 g/mol. The highest BCUT2D eigenvalue weighted by molar-refractivity contribution is 7.99. The Balaban J connectivity index is 1.77. The average molecular weight is 380 g/mol. The Morgan fingerprint density at radius 2 is 2.20 bits per heavy atom. The summed E-state index contributed by atoms with van der Waals surface area (Å²) in [5, 5.41) is 18.1. The molecule has 3 rings (SSSR count). The van der Waals surface area contributed by atoms with Crippen LogP contribution < -0.4 is 0 Å². The number of aromatic nitrogens is 3. The molecular formula is C18H25N3O2S2. The summed E-state index contributed by atoms with van der Waals surface area (Å²) < 4.78 is 1.98. The van der Waals surface area contributed by atoms with Crippen molar-refractivity contribution in [3.8, 4) is 10.7 Å². The monoisotopic (exact) mass is 379 g/mol. The van der Waals surface area contributed by atoms with Crippen molar-refractivity contribution in [3.05, 3.63) is 16.5 Å². The van der Waals surface area contributed by atoms with Crippen LogP contribution in [-0.2, 0) is 24.7 Å². The lowest BCUT2D eigenvalue weighted by Gasteiger charge is -2.33. The number of thiophene rings is 1. The summed E-state index contributed by atoms with van der Waals surface area (Å²) in [4.78, 5) is 13.3. The maximum atomic E-state index is 10.7. The molecule has 136 valence electrons. The standard InChI is InChI=1S/C18H25N3O2S2/c1-18(2,3)12-5-6-13-11(9-12)10-14(25-13)16-19-20-17(21(16)4)24-8-7-15(22)23/h10,12H,5-9H2,1-4H3,(H,22,23). The number of aryl methyl sites for hydroxylation is 1. The minimum atomic E-state index is -0.783. The van der Waals surface area contributed by atoms with Gasteiger partial charge in [-0.05, 0) is 42.2 Å². The van der Waals surface area contributed by atoms with E-state index in [2.05, 4.69) is 37.0 Å². The highest BCUT2D eigenvalue weighted by Crippen LogP contribution is 2.42. The van der Waals surface area contributed by atoms with Crippen LogP contribution in [0.1, 0.15) is 44.1 Å². The Bertz CT molecular complexity index is 774. The molecule has 1 N–H and O–H groups in total. The molecule has 0 saturated heterocycles. The van der Waals surface area contributed by atoms with Crippen molar-refractivity contribution in [1.29, 1.82) is 0 Å². The van der Waals surface area contributed by atoms with Gasteiger partial charge in [0.25, 0.3) is 0 Å². The van der Waals surface area contributed by atoms with Crippen molar-refractivity contribution in [2.45, 2.75) is 51.6 Å². The van der Waals surface area contributed by atoms with E-state index < -0.39 is 5.97 Å². The van der Waals surface area contributed by atoms with E-state index in [0.29, 0.717) is 11.2 Å². The summed E-state index contributed by atoms with van der Waals surface area (Å²) in [6.07, 6.45) is 3.69. The minimum absolute atomic E-state index is 0.133. The Hall–Kier alpha value is -1.34. The van der Waals surface area contributed by atoms with Gasteiger partial charge in [-0.15, -0.1) is 21.5 Å². The van der Waals surface area contributed by atoms with E-state index in [9.17, 15) is 4.79 Å². The van der Waals surface area contributed by atoms with E-state index in [1.807, 2.05) is 23.0 Å². The average Bonchev–Trinajstić information content (AvgIpc) is 3.09. The first kappa shape index (κ1) is 18.5. The van der Waals surface area contributed by atoms with E-state index in [4.69, 9.17) is 5.11 Å². The first-order valence-corrected chi connectivity index (χ1v) is 10.4. The van der Waals surface area contributed by atoms with E-state index in [1.165, 1.54) is 33.5 Å². The van der Waals surface area contributed by atoms with Crippen LogP contribution in [0, 0.1) is 11.3 Å². The van der Waals surface area contributed by atoms with Crippen LogP contribution in [0.4, 0.5) is 0 Å². The van der Waals surface area contributed by atoms with Crippen LogP contribution in [0.3, 0.4) is 0 Å². The second kappa shape index (κ2) is 7.11. The molecule has 7 heteroatoms. The highest BCUT2D eigenvalue weighted by atomic mass is 32.2. The normalized spacial score (nSPS) is 17.5. The number of thioether (sulfide) groups is 1. The van der Waals surface area contributed by atoms with Gasteiger partial charge in [0.2, 0.25) is 0 Å². The first-order valence-electron chi connectivity index (χ1n) is 8.61. The summed E-state index contributed by atoms with van der Waals surface area (Å²) in [5.74, 6) is 1.33. The second-order valence-corrected chi connectivity index (χ2v) is 9.92. The predicted molar refractivity (Wildman–Crippen MR) is 102 cm³/mol. The Labute approximate surface area is 156 Å². The molecule has 0 aliphatic heterocycles. The predicted octanol–water partition coefficient (Wildman–Crippen LogP) is 4.26. The fourth-order valence-electron chi connectivity index (χ4n) is 3.26. The number of rotatable bonds is 5. The number of hydrogen-bond acceptors (Lipinski definition) is 5. The molecule has 0 radical (unpaired) electrons. The van der Waals surface area contributed by atoms with Crippen molar-refractivity contribution >= 4 is 29.1 Å². The molecule has 5 nitrogen and oxygen atoms in total. The largest absolute Gasteiger partial charge is 0.481 e. The van der Waals surface area contributed by atoms with Gasteiger partial charge in [0.05, 0.1) is 11.3 Å². The zero-order chi connectivity index (χ0) is 18.2. The van der Waals surface area contributed by atoms with Crippen LogP contribution in [-0.4, -0.2) is 31.6 Å². The molecule has 0 saturated carbocycles. The number of carboxylic acids is 1. The number of hydrogen-bond donors (Lipinski definition) is 1. The third kappa shape index (κ3) is 4.08. The topological polar surface area (TPSA) is 68.0 Å². The molecule has 25 heavy (non-hydrogen) atoms. The van der Waals surface area contributed by atoms with E-state index in [0.717, 1.165) is 29.7 Å². The van der Waals surface area contributed by atoms with Gasteiger partial charge in [0.1, 0.15) is 0 Å². The summed E-state index contributed by atoms with van der Waals surface area (Å²) in [6.45, 7) is 7.00. The molecule has 0 fully saturated rings. The zero-order valence-electron chi connectivity index (χ0n) is 15.2. The van der Waals surface area contributed by atoms with E-state index in [1.54, 1.807) is 0 Å². The summed E-state index contributed by atoms with van der Waals surface area (Å²) in [6, 6.07) is 2.29. The molecule has 1 aliphatic carbocycles. The summed E-state index contributed by atoms with van der Waals surface area (Å²) in [5.41, 5.74) is 1.81. The SMILES string of the molecule is Cn1c(SCCC(=O)O)nnc1-c1cc2c(s1)CCC(C(C)(C)C)C2. The molecule has 1 aliphatic rings. The van der Waals surface area contributed by atoms with Crippen molar-refractivity contribution in [2.24, 2.45) is 18.4 Å². The Kier molecular flexibility index (Phi) is 5.25. The molecule has 0 spiro atoms. The van der Waals surface area contributed by atoms with E-state index in [-0.39, 0.29) is 6.42 Å². The highest BCUT2D eigenvalue weighted by Gasteiger charge is 2.30. The molecule has 0 aromatic carbocycles. The lowest BCUT2D eigenvalue weighted by molar-refractivity contribution is -0.136. The molecule has 2 heterocycles.